The van der Waals surface area contributed by atoms with E-state index in [1.807, 2.05) is 0 Å². The first-order chi connectivity index (χ1) is 5.46. The van der Waals surface area contributed by atoms with E-state index < -0.39 is 11.7 Å². The molecule has 0 aliphatic carbocycles. The van der Waals surface area contributed by atoms with Gasteiger partial charge in [-0.3, -0.25) is 4.79 Å². The molecule has 2 amide bonds. The maximum atomic E-state index is 11.3. The molecule has 0 atom stereocenters. The summed E-state index contributed by atoms with van der Waals surface area (Å²) >= 11 is 0. The maximum absolute atomic E-state index is 11.3. The summed E-state index contributed by atoms with van der Waals surface area (Å²) in [5.41, 5.74) is -0.639. The molecule has 0 radical (unpaired) electrons. The third-order valence-corrected chi connectivity index (χ3v) is 1.78. The Morgan fingerprint density at radius 3 is 2.50 bits per heavy atom. The fourth-order valence-corrected chi connectivity index (χ4v) is 1.19. The van der Waals surface area contributed by atoms with Crippen molar-refractivity contribution in [3.8, 4) is 0 Å². The zero-order valence-electron chi connectivity index (χ0n) is 7.59. The minimum atomic E-state index is -0.639. The monoisotopic (exact) mass is 171 g/mol. The Labute approximate surface area is 71.5 Å². The second-order valence-electron chi connectivity index (χ2n) is 3.44. The van der Waals surface area contributed by atoms with Crippen molar-refractivity contribution in [1.29, 1.82) is 0 Å². The Hall–Kier alpha value is -1.06. The Kier molecular flexibility index (Phi) is 2.08. The molecule has 12 heavy (non-hydrogen) atoms. The van der Waals surface area contributed by atoms with Crippen molar-refractivity contribution in [2.75, 3.05) is 6.54 Å². The molecule has 0 unspecified atom stereocenters. The van der Waals surface area contributed by atoms with Gasteiger partial charge >= 0.3 is 6.09 Å². The standard InChI is InChI=1S/C8H13NO3/c1-4-9-6(10)5-8(2,3)12-7(9)11/h4-5H2,1-3H3. The summed E-state index contributed by atoms with van der Waals surface area (Å²) in [6.07, 6.45) is -0.259. The summed E-state index contributed by atoms with van der Waals surface area (Å²) in [6.45, 7) is 5.59. The minimum Gasteiger partial charge on any atom is -0.443 e. The maximum Gasteiger partial charge on any atom is 0.417 e. The van der Waals surface area contributed by atoms with E-state index >= 15 is 0 Å². The van der Waals surface area contributed by atoms with E-state index in [1.54, 1.807) is 20.8 Å². The lowest BCUT2D eigenvalue weighted by Gasteiger charge is -2.34. The van der Waals surface area contributed by atoms with Crippen molar-refractivity contribution >= 4 is 12.0 Å². The summed E-state index contributed by atoms with van der Waals surface area (Å²) in [5.74, 6) is -0.154. The van der Waals surface area contributed by atoms with E-state index in [4.69, 9.17) is 4.74 Å². The highest BCUT2D eigenvalue weighted by Gasteiger charge is 2.37. The number of imide groups is 1. The molecule has 0 saturated carbocycles. The molecule has 4 nitrogen and oxygen atoms in total. The van der Waals surface area contributed by atoms with Gasteiger partial charge in [0, 0.05) is 6.54 Å². The quantitative estimate of drug-likeness (QED) is 0.594. The molecule has 0 spiro atoms. The number of cyclic esters (lactones) is 1. The Bertz CT molecular complexity index is 202. The SMILES string of the molecule is CCN1C(=O)CC(C)(C)OC1=O. The van der Waals surface area contributed by atoms with Gasteiger partial charge in [0.05, 0.1) is 6.42 Å². The number of amides is 2. The fourth-order valence-electron chi connectivity index (χ4n) is 1.19. The molecule has 0 aromatic carbocycles. The number of ether oxygens (including phenoxy) is 1. The first kappa shape index (κ1) is 9.03. The van der Waals surface area contributed by atoms with E-state index in [-0.39, 0.29) is 12.3 Å². The fraction of sp³-hybridized carbons (Fsp3) is 0.750. The summed E-state index contributed by atoms with van der Waals surface area (Å²) < 4.78 is 5.01. The van der Waals surface area contributed by atoms with Crippen molar-refractivity contribution in [2.45, 2.75) is 32.8 Å². The number of carbonyl (C=O) groups is 2. The van der Waals surface area contributed by atoms with Crippen molar-refractivity contribution < 1.29 is 14.3 Å². The van der Waals surface area contributed by atoms with Gasteiger partial charge in [0.2, 0.25) is 5.91 Å². The number of rotatable bonds is 1. The predicted octanol–water partition coefficient (Wildman–Crippen LogP) is 1.15. The summed E-state index contributed by atoms with van der Waals surface area (Å²) in [4.78, 5) is 23.5. The van der Waals surface area contributed by atoms with Crippen LogP contribution in [0.25, 0.3) is 0 Å². The molecule has 1 fully saturated rings. The molecule has 1 aliphatic heterocycles. The van der Waals surface area contributed by atoms with Crippen LogP contribution in [-0.4, -0.2) is 29.0 Å². The van der Waals surface area contributed by atoms with Crippen molar-refractivity contribution in [3.63, 3.8) is 0 Å². The zero-order chi connectivity index (χ0) is 9.35. The summed E-state index contributed by atoms with van der Waals surface area (Å²) in [7, 11) is 0. The third kappa shape index (κ3) is 1.57. The topological polar surface area (TPSA) is 46.6 Å². The van der Waals surface area contributed by atoms with Crippen LogP contribution in [0.1, 0.15) is 27.2 Å². The number of hydrogen-bond acceptors (Lipinski definition) is 3. The van der Waals surface area contributed by atoms with Gasteiger partial charge in [0.1, 0.15) is 5.60 Å². The highest BCUT2D eigenvalue weighted by Crippen LogP contribution is 2.22. The summed E-state index contributed by atoms with van der Waals surface area (Å²) in [6, 6.07) is 0. The van der Waals surface area contributed by atoms with Crippen LogP contribution in [-0.2, 0) is 9.53 Å². The molecular weight excluding hydrogens is 158 g/mol. The lowest BCUT2D eigenvalue weighted by atomic mass is 10.0. The first-order valence-corrected chi connectivity index (χ1v) is 3.99. The van der Waals surface area contributed by atoms with E-state index in [9.17, 15) is 9.59 Å². The van der Waals surface area contributed by atoms with E-state index in [0.717, 1.165) is 4.90 Å². The van der Waals surface area contributed by atoms with E-state index in [2.05, 4.69) is 0 Å². The lowest BCUT2D eigenvalue weighted by molar-refractivity contribution is -0.141. The molecule has 1 rings (SSSR count). The van der Waals surface area contributed by atoms with Crippen LogP contribution >= 0.6 is 0 Å². The molecule has 0 aromatic rings. The average molecular weight is 171 g/mol. The molecular formula is C8H13NO3. The van der Waals surface area contributed by atoms with Gasteiger partial charge in [-0.15, -0.1) is 0 Å². The Morgan fingerprint density at radius 1 is 1.50 bits per heavy atom. The molecule has 4 heteroatoms. The smallest absolute Gasteiger partial charge is 0.417 e. The number of hydrogen-bond donors (Lipinski definition) is 0. The van der Waals surface area contributed by atoms with Gasteiger partial charge in [0.25, 0.3) is 0 Å². The highest BCUT2D eigenvalue weighted by atomic mass is 16.6. The van der Waals surface area contributed by atoms with Crippen molar-refractivity contribution in [2.24, 2.45) is 0 Å². The minimum absolute atomic E-state index is 0.154. The second-order valence-corrected chi connectivity index (χ2v) is 3.44. The van der Waals surface area contributed by atoms with Crippen molar-refractivity contribution in [3.05, 3.63) is 0 Å². The van der Waals surface area contributed by atoms with Crippen LogP contribution in [0.3, 0.4) is 0 Å². The average Bonchev–Trinajstić information content (AvgIpc) is 1.82. The van der Waals surface area contributed by atoms with Crippen molar-refractivity contribution in [1.82, 2.24) is 4.90 Å². The molecule has 1 heterocycles. The van der Waals surface area contributed by atoms with Crippen LogP contribution in [0.15, 0.2) is 0 Å². The number of nitrogens with zero attached hydrogens (tertiary/aromatic N) is 1. The van der Waals surface area contributed by atoms with Gasteiger partial charge in [-0.1, -0.05) is 0 Å². The molecule has 0 aromatic heterocycles. The number of carbonyl (C=O) groups excluding carboxylic acids is 2. The second kappa shape index (κ2) is 2.77. The van der Waals surface area contributed by atoms with Crippen LogP contribution in [0.2, 0.25) is 0 Å². The molecule has 68 valence electrons. The van der Waals surface area contributed by atoms with Gasteiger partial charge in [0.15, 0.2) is 0 Å². The molecule has 0 N–H and O–H groups in total. The lowest BCUT2D eigenvalue weighted by Crippen LogP contribution is -2.49. The largest absolute Gasteiger partial charge is 0.443 e. The van der Waals surface area contributed by atoms with Crippen LogP contribution in [0, 0.1) is 0 Å². The predicted molar refractivity (Wildman–Crippen MR) is 42.6 cm³/mol. The Morgan fingerprint density at radius 2 is 2.08 bits per heavy atom. The first-order valence-electron chi connectivity index (χ1n) is 3.99. The molecule has 1 aliphatic rings. The van der Waals surface area contributed by atoms with E-state index in [1.165, 1.54) is 0 Å². The van der Waals surface area contributed by atoms with Crippen LogP contribution in [0.5, 0.6) is 0 Å². The van der Waals surface area contributed by atoms with E-state index in [0.29, 0.717) is 6.54 Å². The zero-order valence-corrected chi connectivity index (χ0v) is 7.59. The third-order valence-electron chi connectivity index (χ3n) is 1.78. The summed E-state index contributed by atoms with van der Waals surface area (Å²) in [5, 5.41) is 0. The van der Waals surface area contributed by atoms with Gasteiger partial charge in [-0.25, -0.2) is 9.69 Å². The normalized spacial score (nSPS) is 22.4. The van der Waals surface area contributed by atoms with Gasteiger partial charge < -0.3 is 4.74 Å². The van der Waals surface area contributed by atoms with Crippen LogP contribution in [0.4, 0.5) is 4.79 Å². The molecule has 1 saturated heterocycles. The van der Waals surface area contributed by atoms with Gasteiger partial charge in [-0.05, 0) is 20.8 Å². The van der Waals surface area contributed by atoms with Crippen LogP contribution < -0.4 is 0 Å². The Balaban J connectivity index is 2.77. The highest BCUT2D eigenvalue weighted by molar-refractivity contribution is 5.94. The van der Waals surface area contributed by atoms with Gasteiger partial charge in [-0.2, -0.15) is 0 Å². The molecule has 0 bridgehead atoms.